The summed E-state index contributed by atoms with van der Waals surface area (Å²) in [5.74, 6) is 0.679. The van der Waals surface area contributed by atoms with E-state index in [4.69, 9.17) is 4.74 Å². The van der Waals surface area contributed by atoms with Gasteiger partial charge in [-0.25, -0.2) is 9.36 Å². The molecule has 0 spiro atoms. The van der Waals surface area contributed by atoms with Crippen LogP contribution in [-0.2, 0) is 13.2 Å². The summed E-state index contributed by atoms with van der Waals surface area (Å²) in [6.45, 7) is 0.423. The van der Waals surface area contributed by atoms with Gasteiger partial charge in [0.2, 0.25) is 0 Å². The van der Waals surface area contributed by atoms with Crippen LogP contribution in [0.2, 0.25) is 0 Å². The molecule has 0 bridgehead atoms. The van der Waals surface area contributed by atoms with Crippen LogP contribution in [0.3, 0.4) is 0 Å². The highest BCUT2D eigenvalue weighted by Crippen LogP contribution is 2.36. The van der Waals surface area contributed by atoms with Gasteiger partial charge in [-0.3, -0.25) is 9.69 Å². The van der Waals surface area contributed by atoms with E-state index in [2.05, 4.69) is 4.98 Å². The van der Waals surface area contributed by atoms with Gasteiger partial charge >= 0.3 is 22.6 Å². The zero-order chi connectivity index (χ0) is 21.8. The third-order valence-corrected chi connectivity index (χ3v) is 6.04. The fourth-order valence-electron chi connectivity index (χ4n) is 3.88. The number of anilines is 1. The first kappa shape index (κ1) is 20.2. The first-order chi connectivity index (χ1) is 14.1. The molecular weight excluding hydrogens is 421 g/mol. The van der Waals surface area contributed by atoms with Crippen LogP contribution in [0.4, 0.5) is 19.1 Å². The summed E-state index contributed by atoms with van der Waals surface area (Å²) in [7, 11) is 4.84. The minimum atomic E-state index is -4.54. The van der Waals surface area contributed by atoms with Crippen LogP contribution in [0.1, 0.15) is 16.5 Å². The van der Waals surface area contributed by atoms with E-state index >= 15 is 0 Å². The van der Waals surface area contributed by atoms with Crippen molar-refractivity contribution in [1.82, 2.24) is 9.55 Å². The Labute approximate surface area is 172 Å². The molecule has 1 aromatic carbocycles. The second-order valence-electron chi connectivity index (χ2n) is 6.97. The lowest BCUT2D eigenvalue weighted by Crippen LogP contribution is -2.43. The predicted molar refractivity (Wildman–Crippen MR) is 105 cm³/mol. The fourth-order valence-corrected chi connectivity index (χ4v) is 4.65. The van der Waals surface area contributed by atoms with E-state index in [1.807, 2.05) is 4.90 Å². The van der Waals surface area contributed by atoms with E-state index in [9.17, 15) is 22.8 Å². The van der Waals surface area contributed by atoms with Crippen LogP contribution in [-0.4, -0.2) is 30.3 Å². The van der Waals surface area contributed by atoms with Gasteiger partial charge in [0.05, 0.1) is 31.6 Å². The minimum absolute atomic E-state index is 0.0260. The molecule has 1 N–H and O–H groups in total. The highest BCUT2D eigenvalue weighted by atomic mass is 32.1. The number of fused-ring (bicyclic) bond motifs is 1. The molecule has 158 valence electrons. The molecule has 0 saturated heterocycles. The van der Waals surface area contributed by atoms with E-state index in [-0.39, 0.29) is 21.9 Å². The summed E-state index contributed by atoms with van der Waals surface area (Å²) in [5, 5.41) is 0. The van der Waals surface area contributed by atoms with Gasteiger partial charge in [0.1, 0.15) is 12.1 Å². The molecule has 0 radical (unpaired) electrons. The lowest BCUT2D eigenvalue weighted by Gasteiger charge is -2.15. The number of nitrogens with one attached hydrogen (secondary N) is 1. The molecule has 7 nitrogen and oxygen atoms in total. The molecule has 2 aromatic heterocycles. The van der Waals surface area contributed by atoms with Gasteiger partial charge < -0.3 is 9.72 Å². The molecule has 1 aliphatic heterocycles. The molecule has 4 rings (SSSR count). The number of hydrogen-bond acceptors (Lipinski definition) is 5. The lowest BCUT2D eigenvalue weighted by atomic mass is 10.0. The number of hydrogen-bond donors (Lipinski definition) is 1. The molecule has 1 unspecified atom stereocenters. The zero-order valence-electron chi connectivity index (χ0n) is 16.3. The minimum Gasteiger partial charge on any atom is -0.471 e. The Hall–Kier alpha value is -3.08. The van der Waals surface area contributed by atoms with Crippen molar-refractivity contribution in [2.45, 2.75) is 12.2 Å². The highest BCUT2D eigenvalue weighted by molar-refractivity contribution is 7.09. The average molecular weight is 439 g/mol. The number of methoxy groups -OCH3 is 1. The Morgan fingerprint density at radius 2 is 2.03 bits per heavy atom. The largest absolute Gasteiger partial charge is 0.471 e. The molecule has 11 heteroatoms. The quantitative estimate of drug-likeness (QED) is 0.635. The van der Waals surface area contributed by atoms with Gasteiger partial charge in [0, 0.05) is 6.20 Å². The molecule has 0 fully saturated rings. The Morgan fingerprint density at radius 3 is 2.63 bits per heavy atom. The molecular formula is C19H18F3N4O3S+. The normalized spacial score (nSPS) is 16.1. The Kier molecular flexibility index (Phi) is 4.72. The van der Waals surface area contributed by atoms with Crippen molar-refractivity contribution >= 4 is 17.3 Å². The van der Waals surface area contributed by atoms with Crippen LogP contribution in [0, 0.1) is 0 Å². The topological polar surface area (TPSA) is 71.2 Å². The Balaban J connectivity index is 2.02. The molecule has 0 aliphatic carbocycles. The van der Waals surface area contributed by atoms with Gasteiger partial charge in [-0.2, -0.15) is 17.7 Å². The van der Waals surface area contributed by atoms with Crippen molar-refractivity contribution in [3.05, 3.63) is 60.9 Å². The van der Waals surface area contributed by atoms with Crippen molar-refractivity contribution in [3.63, 3.8) is 0 Å². The number of benzene rings is 1. The van der Waals surface area contributed by atoms with Crippen molar-refractivity contribution in [2.24, 2.45) is 7.05 Å². The monoisotopic (exact) mass is 439 g/mol. The van der Waals surface area contributed by atoms with Crippen molar-refractivity contribution in [3.8, 4) is 17.0 Å². The number of nitrogens with zero attached hydrogens (tertiary/aromatic N) is 3. The number of thiazole rings is 1. The number of alkyl halides is 3. The van der Waals surface area contributed by atoms with E-state index in [0.717, 1.165) is 23.5 Å². The molecule has 0 saturated carbocycles. The van der Waals surface area contributed by atoms with Gasteiger partial charge in [-0.15, -0.1) is 0 Å². The Morgan fingerprint density at radius 1 is 1.30 bits per heavy atom. The van der Waals surface area contributed by atoms with Crippen molar-refractivity contribution in [2.75, 3.05) is 25.6 Å². The number of rotatable bonds is 3. The smallest absolute Gasteiger partial charge is 0.416 e. The number of ether oxygens (including phenoxy) is 1. The number of likely N-dealkylation sites (N-methyl/N-ethyl adjacent to an activating group) is 1. The molecule has 30 heavy (non-hydrogen) atoms. The van der Waals surface area contributed by atoms with Crippen LogP contribution >= 0.6 is 11.3 Å². The van der Waals surface area contributed by atoms with Gasteiger partial charge in [0.15, 0.2) is 6.04 Å². The van der Waals surface area contributed by atoms with E-state index < -0.39 is 23.3 Å². The maximum atomic E-state index is 13.6. The SMILES string of the molecule is COc1c(-c2cccc(C(F)(F)F)c2)c(=O)n2c([n+]1C)N(C)CC2c1c[nH]c(=O)s1. The maximum Gasteiger partial charge on any atom is 0.416 e. The second kappa shape index (κ2) is 7.01. The van der Waals surface area contributed by atoms with Gasteiger partial charge in [-0.1, -0.05) is 23.5 Å². The van der Waals surface area contributed by atoms with E-state index in [1.54, 1.807) is 24.9 Å². The van der Waals surface area contributed by atoms with Crippen molar-refractivity contribution < 1.29 is 22.5 Å². The number of H-pyrrole nitrogens is 1. The summed E-state index contributed by atoms with van der Waals surface area (Å²) < 4.78 is 48.3. The van der Waals surface area contributed by atoms with Crippen LogP contribution < -0.4 is 24.6 Å². The maximum absolute atomic E-state index is 13.6. The summed E-state index contributed by atoms with van der Waals surface area (Å²) in [6, 6.07) is 4.15. The average Bonchev–Trinajstić information content (AvgIpc) is 3.27. The van der Waals surface area contributed by atoms with Gasteiger partial charge in [0.25, 0.3) is 5.88 Å². The van der Waals surface area contributed by atoms with Crippen molar-refractivity contribution in [1.29, 1.82) is 0 Å². The molecule has 0 amide bonds. The number of aromatic amines is 1. The third kappa shape index (κ3) is 3.09. The molecule has 3 heterocycles. The van der Waals surface area contributed by atoms with Crippen LogP contribution in [0.5, 0.6) is 5.88 Å². The summed E-state index contributed by atoms with van der Waals surface area (Å²) in [6.07, 6.45) is -2.99. The van der Waals surface area contributed by atoms with Crippen LogP contribution in [0.25, 0.3) is 11.1 Å². The third-order valence-electron chi connectivity index (χ3n) is 5.11. The molecule has 3 aromatic rings. The summed E-state index contributed by atoms with van der Waals surface area (Å²) in [5.41, 5.74) is -1.22. The predicted octanol–water partition coefficient (Wildman–Crippen LogP) is 2.16. The fraction of sp³-hybridized carbons (Fsp3) is 0.316. The van der Waals surface area contributed by atoms with Gasteiger partial charge in [-0.05, 0) is 17.7 Å². The lowest BCUT2D eigenvalue weighted by molar-refractivity contribution is -0.666. The number of aromatic nitrogens is 3. The first-order valence-electron chi connectivity index (χ1n) is 8.93. The molecule has 1 atom stereocenters. The Bertz CT molecular complexity index is 1250. The van der Waals surface area contributed by atoms with E-state index in [0.29, 0.717) is 17.4 Å². The zero-order valence-corrected chi connectivity index (χ0v) is 17.1. The second-order valence-corrected chi connectivity index (χ2v) is 8.02. The molecule has 1 aliphatic rings. The summed E-state index contributed by atoms with van der Waals surface area (Å²) in [4.78, 5) is 30.1. The highest BCUT2D eigenvalue weighted by Gasteiger charge is 2.42. The summed E-state index contributed by atoms with van der Waals surface area (Å²) >= 11 is 0.996. The van der Waals surface area contributed by atoms with E-state index in [1.165, 1.54) is 23.8 Å². The number of halogens is 3. The first-order valence-corrected chi connectivity index (χ1v) is 9.74. The standard InChI is InChI=1S/C19H17F3N4O3S/c1-24-9-12(13-8-23-17(28)30-13)26-15(27)14(16(29-3)25(2)18(24)26)10-5-4-6-11(7-10)19(20,21)22/h4-8,12H,9H2,1-3H3/p+1. The van der Waals surface area contributed by atoms with Crippen LogP contribution in [0.15, 0.2) is 40.1 Å².